The first-order valence-electron chi connectivity index (χ1n) is 9.25. The lowest BCUT2D eigenvalue weighted by molar-refractivity contribution is -0.162. The van der Waals surface area contributed by atoms with E-state index in [0.29, 0.717) is 11.4 Å². The molecule has 9 heteroatoms. The molecule has 0 radical (unpaired) electrons. The molecule has 0 bridgehead atoms. The second kappa shape index (κ2) is 10.1. The topological polar surface area (TPSA) is 123 Å². The monoisotopic (exact) mass is 398 g/mol. The lowest BCUT2D eigenvalue weighted by Gasteiger charge is -2.43. The summed E-state index contributed by atoms with van der Waals surface area (Å²) in [6.45, 7) is 10.0. The van der Waals surface area contributed by atoms with Gasteiger partial charge in [0.05, 0.1) is 31.4 Å². The van der Waals surface area contributed by atoms with Crippen LogP contribution in [-0.4, -0.2) is 54.6 Å². The Balaban J connectivity index is 3.41. The maximum Gasteiger partial charge on any atom is 0.337 e. The number of nitrogens with one attached hydrogen (secondary N) is 2. The van der Waals surface area contributed by atoms with Gasteiger partial charge in [0.1, 0.15) is 11.6 Å². The number of rotatable bonds is 8. The summed E-state index contributed by atoms with van der Waals surface area (Å²) in [5, 5.41) is 16.6. The molecule has 0 aliphatic carbocycles. The van der Waals surface area contributed by atoms with Crippen LogP contribution in [0.15, 0.2) is 23.0 Å². The van der Waals surface area contributed by atoms with Crippen molar-refractivity contribution in [2.45, 2.75) is 53.3 Å². The normalized spacial score (nSPS) is 24.9. The van der Waals surface area contributed by atoms with Gasteiger partial charge in [-0.25, -0.2) is 9.59 Å². The number of carbonyl (C=O) groups is 3. The van der Waals surface area contributed by atoms with Gasteiger partial charge in [0.15, 0.2) is 0 Å². The smallest absolute Gasteiger partial charge is 0.337 e. The van der Waals surface area contributed by atoms with Crippen molar-refractivity contribution < 1.29 is 33.7 Å². The van der Waals surface area contributed by atoms with E-state index in [2.05, 4.69) is 10.6 Å². The first-order chi connectivity index (χ1) is 13.1. The van der Waals surface area contributed by atoms with Gasteiger partial charge in [-0.3, -0.25) is 4.79 Å². The molecule has 0 fully saturated rings. The summed E-state index contributed by atoms with van der Waals surface area (Å²) >= 11 is 0. The lowest BCUT2D eigenvalue weighted by atomic mass is 9.80. The van der Waals surface area contributed by atoms with Gasteiger partial charge < -0.3 is 30.0 Å². The van der Waals surface area contributed by atoms with Gasteiger partial charge >= 0.3 is 17.9 Å². The molecule has 0 aromatic heterocycles. The van der Waals surface area contributed by atoms with Crippen molar-refractivity contribution in [2.75, 3.05) is 19.8 Å². The molecule has 28 heavy (non-hydrogen) atoms. The first-order valence-corrected chi connectivity index (χ1v) is 9.25. The zero-order chi connectivity index (χ0) is 21.5. The van der Waals surface area contributed by atoms with Gasteiger partial charge in [-0.1, -0.05) is 0 Å². The zero-order valence-corrected chi connectivity index (χ0v) is 17.3. The Hall–Kier alpha value is -2.55. The van der Waals surface area contributed by atoms with Crippen LogP contribution in [0.1, 0.15) is 41.5 Å². The Bertz CT molecular complexity index is 667. The molecule has 3 N–H and O–H groups in total. The van der Waals surface area contributed by atoms with E-state index in [4.69, 9.17) is 14.2 Å². The molecule has 0 saturated carbocycles. The summed E-state index contributed by atoms with van der Waals surface area (Å²) in [5.41, 5.74) is -0.854. The number of hydrogen-bond donors (Lipinski definition) is 3. The minimum absolute atomic E-state index is 0.104. The van der Waals surface area contributed by atoms with Gasteiger partial charge in [-0.05, 0) is 41.5 Å². The summed E-state index contributed by atoms with van der Waals surface area (Å²) in [6.07, 6.45) is 1.21. The highest BCUT2D eigenvalue weighted by atomic mass is 16.5. The Labute approximate surface area is 165 Å². The third kappa shape index (κ3) is 5.72. The van der Waals surface area contributed by atoms with Crippen LogP contribution in [-0.2, 0) is 28.6 Å². The Morgan fingerprint density at radius 2 is 1.71 bits per heavy atom. The molecule has 2 unspecified atom stereocenters. The first kappa shape index (κ1) is 23.5. The zero-order valence-electron chi connectivity index (χ0n) is 17.3. The largest absolute Gasteiger partial charge is 0.466 e. The quantitative estimate of drug-likeness (QED) is 0.308. The molecule has 9 nitrogen and oxygen atoms in total. The lowest BCUT2D eigenvalue weighted by Crippen LogP contribution is -2.63. The molecule has 0 spiro atoms. The molecule has 1 heterocycles. The highest BCUT2D eigenvalue weighted by Gasteiger charge is 2.51. The van der Waals surface area contributed by atoms with Gasteiger partial charge in [0.25, 0.3) is 0 Å². The van der Waals surface area contributed by atoms with E-state index >= 15 is 0 Å². The summed E-state index contributed by atoms with van der Waals surface area (Å²) in [6, 6.07) is -0.986. The van der Waals surface area contributed by atoms with Crippen molar-refractivity contribution in [1.82, 2.24) is 10.6 Å². The van der Waals surface area contributed by atoms with E-state index in [0.717, 1.165) is 0 Å². The maximum atomic E-state index is 12.6. The Morgan fingerprint density at radius 3 is 2.25 bits per heavy atom. The predicted molar refractivity (Wildman–Crippen MR) is 101 cm³/mol. The fraction of sp³-hybridized carbons (Fsp3) is 0.632. The molecular weight excluding hydrogens is 368 g/mol. The van der Waals surface area contributed by atoms with Gasteiger partial charge in [-0.15, -0.1) is 0 Å². The molecule has 3 atom stereocenters. The molecule has 0 aromatic carbocycles. The maximum absolute atomic E-state index is 12.6. The predicted octanol–water partition coefficient (Wildman–Crippen LogP) is 0.740. The Kier molecular flexibility index (Phi) is 8.49. The molecule has 0 saturated heterocycles. The molecule has 158 valence electrons. The molecule has 1 aliphatic heterocycles. The average Bonchev–Trinajstić information content (AvgIpc) is 2.53. The summed E-state index contributed by atoms with van der Waals surface area (Å²) in [5.74, 6) is -3.09. The van der Waals surface area contributed by atoms with E-state index in [1.807, 2.05) is 0 Å². The van der Waals surface area contributed by atoms with E-state index in [-0.39, 0.29) is 25.4 Å². The summed E-state index contributed by atoms with van der Waals surface area (Å²) < 4.78 is 15.1. The van der Waals surface area contributed by atoms with Crippen LogP contribution < -0.4 is 10.6 Å². The molecule has 1 rings (SSSR count). The van der Waals surface area contributed by atoms with Crippen molar-refractivity contribution >= 4 is 17.9 Å². The minimum atomic E-state index is -1.70. The number of esters is 3. The van der Waals surface area contributed by atoms with Gasteiger partial charge in [-0.2, -0.15) is 0 Å². The van der Waals surface area contributed by atoms with Crippen molar-refractivity contribution in [3.05, 3.63) is 23.0 Å². The standard InChI is InChI=1S/C19H30N2O7/c1-7-26-13(22)10-11(4)20-16-14(17(23)27-8-2)12(5)21-19(6,25)15(16)18(24)28-9-3/h10,15-16,20-21,25H,7-9H2,1-6H3/b11-10+/t15?,16?,19-/m1/s1. The fourth-order valence-electron chi connectivity index (χ4n) is 3.14. The van der Waals surface area contributed by atoms with Crippen LogP contribution in [0.5, 0.6) is 0 Å². The molecule has 1 aliphatic rings. The van der Waals surface area contributed by atoms with E-state index < -0.39 is 35.6 Å². The fourth-order valence-corrected chi connectivity index (χ4v) is 3.14. The van der Waals surface area contributed by atoms with Crippen LogP contribution in [0.3, 0.4) is 0 Å². The van der Waals surface area contributed by atoms with Crippen LogP contribution in [0.25, 0.3) is 0 Å². The van der Waals surface area contributed by atoms with Gasteiger partial charge in [0.2, 0.25) is 0 Å². The van der Waals surface area contributed by atoms with Gasteiger partial charge in [0, 0.05) is 17.5 Å². The number of allylic oxidation sites excluding steroid dienone is 2. The SMILES string of the molecule is CCOC(=O)/C=C(\C)NC1C(C(=O)OCC)=C(C)N[C@](C)(O)C1C(=O)OCC. The Morgan fingerprint density at radius 1 is 1.14 bits per heavy atom. The van der Waals surface area contributed by atoms with Crippen molar-refractivity contribution in [2.24, 2.45) is 5.92 Å². The van der Waals surface area contributed by atoms with Crippen LogP contribution in [0.2, 0.25) is 0 Å². The van der Waals surface area contributed by atoms with E-state index in [1.165, 1.54) is 13.0 Å². The second-order valence-corrected chi connectivity index (χ2v) is 6.46. The third-order valence-corrected chi connectivity index (χ3v) is 4.13. The summed E-state index contributed by atoms with van der Waals surface area (Å²) in [4.78, 5) is 36.9. The van der Waals surface area contributed by atoms with Crippen molar-refractivity contribution in [1.29, 1.82) is 0 Å². The minimum Gasteiger partial charge on any atom is -0.466 e. The second-order valence-electron chi connectivity index (χ2n) is 6.46. The molecule has 0 aromatic rings. The third-order valence-electron chi connectivity index (χ3n) is 4.13. The van der Waals surface area contributed by atoms with Crippen molar-refractivity contribution in [3.63, 3.8) is 0 Å². The highest BCUT2D eigenvalue weighted by molar-refractivity contribution is 5.93. The van der Waals surface area contributed by atoms with E-state index in [9.17, 15) is 19.5 Å². The number of carbonyl (C=O) groups excluding carboxylic acids is 3. The van der Waals surface area contributed by atoms with Crippen LogP contribution >= 0.6 is 0 Å². The molecule has 0 amide bonds. The number of ether oxygens (including phenoxy) is 3. The van der Waals surface area contributed by atoms with Crippen molar-refractivity contribution in [3.8, 4) is 0 Å². The average molecular weight is 398 g/mol. The highest BCUT2D eigenvalue weighted by Crippen LogP contribution is 2.33. The van der Waals surface area contributed by atoms with E-state index in [1.54, 1.807) is 34.6 Å². The number of aliphatic hydroxyl groups is 1. The summed E-state index contributed by atoms with van der Waals surface area (Å²) in [7, 11) is 0. The number of hydrogen-bond acceptors (Lipinski definition) is 9. The van der Waals surface area contributed by atoms with Crippen LogP contribution in [0, 0.1) is 5.92 Å². The van der Waals surface area contributed by atoms with Crippen LogP contribution in [0.4, 0.5) is 0 Å². The molecular formula is C19H30N2O7.